The zero-order valence-corrected chi connectivity index (χ0v) is 18.8. The number of alkyl halides is 3. The van der Waals surface area contributed by atoms with Crippen LogP contribution in [-0.2, 0) is 11.0 Å². The summed E-state index contributed by atoms with van der Waals surface area (Å²) in [5, 5.41) is 10.5. The minimum absolute atomic E-state index is 0.0860. The number of primary amides is 1. The molecule has 10 heteroatoms. The normalized spacial score (nSPS) is 22.8. The number of nitrogens with zero attached hydrogens (tertiary/aromatic N) is 4. The van der Waals surface area contributed by atoms with Gasteiger partial charge < -0.3 is 15.7 Å². The number of aliphatic hydroxyl groups is 1. The van der Waals surface area contributed by atoms with E-state index in [2.05, 4.69) is 14.9 Å². The van der Waals surface area contributed by atoms with Gasteiger partial charge in [-0.25, -0.2) is 9.97 Å². The Hall–Kier alpha value is -2.46. The maximum absolute atomic E-state index is 13.3. The number of amides is 1. The van der Waals surface area contributed by atoms with Crippen molar-refractivity contribution < 1.29 is 23.1 Å². The molecule has 1 aromatic carbocycles. The smallest absolute Gasteiger partial charge is 0.390 e. The van der Waals surface area contributed by atoms with Gasteiger partial charge in [-0.15, -0.1) is 0 Å². The lowest BCUT2D eigenvalue weighted by atomic mass is 9.76. The highest BCUT2D eigenvalue weighted by atomic mass is 19.4. The van der Waals surface area contributed by atoms with Gasteiger partial charge in [-0.3, -0.25) is 9.69 Å². The molecule has 4 rings (SSSR count). The molecule has 180 valence electrons. The summed E-state index contributed by atoms with van der Waals surface area (Å²) in [6.07, 6.45) is 0.692. The summed E-state index contributed by atoms with van der Waals surface area (Å²) in [5.41, 5.74) is 4.40. The number of carbonyl (C=O) groups is 1. The van der Waals surface area contributed by atoms with Crippen LogP contribution in [0.2, 0.25) is 0 Å². The lowest BCUT2D eigenvalue weighted by molar-refractivity contribution is -0.137. The van der Waals surface area contributed by atoms with Gasteiger partial charge >= 0.3 is 6.18 Å². The number of fused-ring (bicyclic) bond motifs is 1. The fourth-order valence-corrected chi connectivity index (χ4v) is 5.12. The number of anilines is 1. The Morgan fingerprint density at radius 2 is 1.85 bits per heavy atom. The molecule has 0 spiro atoms. The summed E-state index contributed by atoms with van der Waals surface area (Å²) >= 11 is 0. The summed E-state index contributed by atoms with van der Waals surface area (Å²) in [6.45, 7) is 4.93. The van der Waals surface area contributed by atoms with E-state index in [4.69, 9.17) is 5.73 Å². The number of benzene rings is 1. The van der Waals surface area contributed by atoms with Crippen molar-refractivity contribution in [2.75, 3.05) is 24.5 Å². The second-order valence-electron chi connectivity index (χ2n) is 9.79. The van der Waals surface area contributed by atoms with E-state index >= 15 is 0 Å². The Kier molecular flexibility index (Phi) is 6.26. The summed E-state index contributed by atoms with van der Waals surface area (Å²) < 4.78 is 39.9. The number of nitrogens with two attached hydrogens (primary N) is 1. The molecule has 2 heterocycles. The molecule has 0 bridgehead atoms. The lowest BCUT2D eigenvalue weighted by Gasteiger charge is -2.51. The number of likely N-dealkylation sites (tertiary alicyclic amines) is 1. The minimum Gasteiger partial charge on any atom is -0.390 e. The van der Waals surface area contributed by atoms with Gasteiger partial charge in [0, 0.05) is 24.5 Å². The van der Waals surface area contributed by atoms with E-state index < -0.39 is 23.2 Å². The largest absolute Gasteiger partial charge is 0.416 e. The number of carbonyl (C=O) groups excluding carboxylic acids is 1. The topological polar surface area (TPSA) is 95.6 Å². The van der Waals surface area contributed by atoms with Crippen LogP contribution in [0.4, 0.5) is 19.0 Å². The first-order valence-corrected chi connectivity index (χ1v) is 11.3. The second kappa shape index (κ2) is 8.72. The summed E-state index contributed by atoms with van der Waals surface area (Å²) in [6, 6.07) is 3.66. The molecule has 1 saturated carbocycles. The highest BCUT2D eigenvalue weighted by Gasteiger charge is 2.40. The molecule has 7 nitrogen and oxygen atoms in total. The van der Waals surface area contributed by atoms with Crippen molar-refractivity contribution in [3.05, 3.63) is 30.1 Å². The maximum Gasteiger partial charge on any atom is 0.416 e. The Labute approximate surface area is 190 Å². The third kappa shape index (κ3) is 5.06. The molecule has 3 N–H and O–H groups in total. The molecular weight excluding hydrogens is 435 g/mol. The van der Waals surface area contributed by atoms with Gasteiger partial charge in [-0.2, -0.15) is 13.2 Å². The highest BCUT2D eigenvalue weighted by molar-refractivity contribution is 5.92. The summed E-state index contributed by atoms with van der Waals surface area (Å²) in [5.74, 6) is 0.00515. The molecule has 0 atom stereocenters. The fourth-order valence-electron chi connectivity index (χ4n) is 5.12. The Morgan fingerprint density at radius 3 is 2.42 bits per heavy atom. The first kappa shape index (κ1) is 23.7. The van der Waals surface area contributed by atoms with Gasteiger partial charge in [0.05, 0.1) is 29.3 Å². The number of aromatic nitrogens is 2. The van der Waals surface area contributed by atoms with Crippen LogP contribution in [0.25, 0.3) is 10.9 Å². The van der Waals surface area contributed by atoms with Gasteiger partial charge in [-0.1, -0.05) is 0 Å². The third-order valence-corrected chi connectivity index (χ3v) is 7.08. The average molecular weight is 466 g/mol. The van der Waals surface area contributed by atoms with Crippen LogP contribution in [-0.4, -0.2) is 63.2 Å². The van der Waals surface area contributed by atoms with Gasteiger partial charge in [0.15, 0.2) is 0 Å². The van der Waals surface area contributed by atoms with Crippen molar-refractivity contribution in [3.8, 4) is 0 Å². The number of hydrogen-bond donors (Lipinski definition) is 2. The van der Waals surface area contributed by atoms with Crippen molar-refractivity contribution in [1.29, 1.82) is 0 Å². The molecule has 1 aliphatic carbocycles. The van der Waals surface area contributed by atoms with Crippen LogP contribution in [0.1, 0.15) is 45.1 Å². The van der Waals surface area contributed by atoms with Crippen LogP contribution in [0.15, 0.2) is 24.5 Å². The first-order chi connectivity index (χ1) is 15.4. The lowest BCUT2D eigenvalue weighted by Crippen LogP contribution is -2.64. The average Bonchev–Trinajstić information content (AvgIpc) is 2.70. The van der Waals surface area contributed by atoms with E-state index in [0.29, 0.717) is 30.5 Å². The van der Waals surface area contributed by atoms with Crippen molar-refractivity contribution in [3.63, 3.8) is 0 Å². The zero-order valence-electron chi connectivity index (χ0n) is 18.8. The molecule has 1 amide bonds. The minimum atomic E-state index is -4.49. The Balaban J connectivity index is 1.52. The molecular formula is C23H30F3N5O2. The maximum atomic E-state index is 13.3. The van der Waals surface area contributed by atoms with Crippen LogP contribution in [0, 0.1) is 5.92 Å². The van der Waals surface area contributed by atoms with Crippen LogP contribution >= 0.6 is 0 Å². The van der Waals surface area contributed by atoms with Crippen molar-refractivity contribution in [2.45, 2.75) is 63.4 Å². The monoisotopic (exact) mass is 465 g/mol. The summed E-state index contributed by atoms with van der Waals surface area (Å²) in [7, 11) is 0. The molecule has 2 fully saturated rings. The van der Waals surface area contributed by atoms with Gasteiger partial charge in [0.1, 0.15) is 12.1 Å². The van der Waals surface area contributed by atoms with Crippen molar-refractivity contribution >= 4 is 22.6 Å². The highest BCUT2D eigenvalue weighted by Crippen LogP contribution is 2.38. The second-order valence-corrected chi connectivity index (χ2v) is 9.79. The molecule has 33 heavy (non-hydrogen) atoms. The predicted molar refractivity (Wildman–Crippen MR) is 118 cm³/mol. The number of hydrogen-bond acceptors (Lipinski definition) is 6. The van der Waals surface area contributed by atoms with Crippen LogP contribution < -0.4 is 10.6 Å². The van der Waals surface area contributed by atoms with E-state index in [9.17, 15) is 23.1 Å². The Morgan fingerprint density at radius 1 is 1.18 bits per heavy atom. The molecule has 2 aliphatic rings. The number of rotatable bonds is 6. The molecule has 1 saturated heterocycles. The molecule has 0 unspecified atom stereocenters. The standard InChI is InChI=1S/C23H30F3N5O2/c1-22(2,33)14-3-6-16(7-4-14)30-10-17(11-30)31(12-20(27)32)21-18-9-15(23(24,25)26)5-8-19(18)28-13-29-21/h5,8-9,13-14,16-17,33H,3-4,6-7,10-12H2,1-2H3,(H2,27,32). The van der Waals surface area contributed by atoms with E-state index in [1.165, 1.54) is 12.4 Å². The van der Waals surface area contributed by atoms with Gasteiger partial charge in [0.2, 0.25) is 5.91 Å². The van der Waals surface area contributed by atoms with Gasteiger partial charge in [-0.05, 0) is 63.6 Å². The van der Waals surface area contributed by atoms with E-state index in [0.717, 1.165) is 37.8 Å². The third-order valence-electron chi connectivity index (χ3n) is 7.08. The van der Waals surface area contributed by atoms with E-state index in [1.807, 2.05) is 13.8 Å². The molecule has 1 aromatic heterocycles. The SMILES string of the molecule is CC(C)(O)C1CCC(N2CC(N(CC(N)=O)c3ncnc4ccc(C(F)(F)F)cc34)C2)CC1. The van der Waals surface area contributed by atoms with Crippen molar-refractivity contribution in [1.82, 2.24) is 14.9 Å². The molecule has 0 radical (unpaired) electrons. The van der Waals surface area contributed by atoms with Crippen LogP contribution in [0.3, 0.4) is 0 Å². The van der Waals surface area contributed by atoms with Crippen molar-refractivity contribution in [2.24, 2.45) is 11.7 Å². The Bertz CT molecular complexity index is 1010. The molecule has 1 aliphatic heterocycles. The number of halogens is 3. The summed E-state index contributed by atoms with van der Waals surface area (Å²) in [4.78, 5) is 24.2. The van der Waals surface area contributed by atoms with E-state index in [-0.39, 0.29) is 23.9 Å². The fraction of sp³-hybridized carbons (Fsp3) is 0.609. The molecule has 2 aromatic rings. The van der Waals surface area contributed by atoms with E-state index in [1.54, 1.807) is 4.90 Å². The predicted octanol–water partition coefficient (Wildman–Crippen LogP) is 2.95. The zero-order chi connectivity index (χ0) is 24.0. The van der Waals surface area contributed by atoms with Gasteiger partial charge in [0.25, 0.3) is 0 Å². The quantitative estimate of drug-likeness (QED) is 0.681. The first-order valence-electron chi connectivity index (χ1n) is 11.3. The van der Waals surface area contributed by atoms with Crippen LogP contribution in [0.5, 0.6) is 0 Å².